The molecule has 22 heavy (non-hydrogen) atoms. The average Bonchev–Trinajstić information content (AvgIpc) is 3.25. The Labute approximate surface area is 131 Å². The Bertz CT molecular complexity index is 769. The highest BCUT2D eigenvalue weighted by atomic mass is 32.2. The van der Waals surface area contributed by atoms with Gasteiger partial charge in [0.1, 0.15) is 4.88 Å². The number of thiophene rings is 1. The molecule has 3 rings (SSSR count). The molecule has 3 heterocycles. The Hall–Kier alpha value is -1.78. The fourth-order valence-electron chi connectivity index (χ4n) is 2.37. The minimum Gasteiger partial charge on any atom is -0.465 e. The Morgan fingerprint density at radius 2 is 2.32 bits per heavy atom. The molecule has 0 bridgehead atoms. The van der Waals surface area contributed by atoms with E-state index in [9.17, 15) is 13.2 Å². The van der Waals surface area contributed by atoms with Gasteiger partial charge >= 0.3 is 5.97 Å². The van der Waals surface area contributed by atoms with Crippen LogP contribution < -0.4 is 0 Å². The number of ether oxygens (including phenoxy) is 1. The van der Waals surface area contributed by atoms with Crippen molar-refractivity contribution in [2.24, 2.45) is 0 Å². The molecule has 2 aromatic rings. The zero-order valence-corrected chi connectivity index (χ0v) is 13.4. The van der Waals surface area contributed by atoms with Crippen molar-refractivity contribution in [2.45, 2.75) is 17.4 Å². The number of methoxy groups -OCH3 is 1. The zero-order chi connectivity index (χ0) is 15.7. The van der Waals surface area contributed by atoms with Crippen LogP contribution in [0.1, 0.15) is 22.1 Å². The molecule has 0 spiro atoms. The van der Waals surface area contributed by atoms with Crippen LogP contribution in [0.15, 0.2) is 28.7 Å². The lowest BCUT2D eigenvalue weighted by Crippen LogP contribution is -2.29. The third-order valence-corrected chi connectivity index (χ3v) is 6.44. The summed E-state index contributed by atoms with van der Waals surface area (Å²) in [6, 6.07) is 1.34. The van der Waals surface area contributed by atoms with Crippen molar-refractivity contribution in [2.75, 3.05) is 20.2 Å². The van der Waals surface area contributed by atoms with Crippen molar-refractivity contribution in [3.05, 3.63) is 28.7 Å². The minimum atomic E-state index is -3.61. The first-order chi connectivity index (χ1) is 10.5. The van der Waals surface area contributed by atoms with Crippen molar-refractivity contribution in [1.82, 2.24) is 19.3 Å². The second-order valence-electron chi connectivity index (χ2n) is 4.83. The molecule has 1 fully saturated rings. The Morgan fingerprint density at radius 1 is 1.50 bits per heavy atom. The van der Waals surface area contributed by atoms with Gasteiger partial charge in [-0.2, -0.15) is 4.31 Å². The summed E-state index contributed by atoms with van der Waals surface area (Å²) in [5.74, 6) is -0.534. The number of hydrogen-bond acceptors (Lipinski definition) is 7. The van der Waals surface area contributed by atoms with E-state index in [-0.39, 0.29) is 15.8 Å². The van der Waals surface area contributed by atoms with Crippen LogP contribution in [0, 0.1) is 0 Å². The van der Waals surface area contributed by atoms with Crippen molar-refractivity contribution < 1.29 is 17.9 Å². The number of rotatable bonds is 4. The Kier molecular flexibility index (Phi) is 3.98. The number of carbonyl (C=O) groups is 1. The van der Waals surface area contributed by atoms with Gasteiger partial charge in [0.15, 0.2) is 0 Å². The molecule has 1 aliphatic rings. The lowest BCUT2D eigenvalue weighted by Gasteiger charge is -2.15. The van der Waals surface area contributed by atoms with Gasteiger partial charge in [0, 0.05) is 24.7 Å². The van der Waals surface area contributed by atoms with Gasteiger partial charge in [-0.3, -0.25) is 0 Å². The van der Waals surface area contributed by atoms with Crippen LogP contribution in [-0.4, -0.2) is 53.9 Å². The third kappa shape index (κ3) is 2.64. The van der Waals surface area contributed by atoms with Gasteiger partial charge < -0.3 is 4.74 Å². The van der Waals surface area contributed by atoms with Crippen molar-refractivity contribution in [3.8, 4) is 0 Å². The number of nitrogens with zero attached hydrogens (tertiary/aromatic N) is 4. The van der Waals surface area contributed by atoms with Gasteiger partial charge in [-0.25, -0.2) is 17.9 Å². The van der Waals surface area contributed by atoms with Gasteiger partial charge in [0.05, 0.1) is 24.2 Å². The van der Waals surface area contributed by atoms with Gasteiger partial charge in [0.2, 0.25) is 10.0 Å². The maximum Gasteiger partial charge on any atom is 0.348 e. The summed E-state index contributed by atoms with van der Waals surface area (Å²) in [5.41, 5.74) is 0. The first-order valence-corrected chi connectivity index (χ1v) is 8.87. The van der Waals surface area contributed by atoms with Crippen LogP contribution >= 0.6 is 11.3 Å². The van der Waals surface area contributed by atoms with E-state index in [2.05, 4.69) is 15.0 Å². The minimum absolute atomic E-state index is 0.0176. The van der Waals surface area contributed by atoms with Gasteiger partial charge in [-0.05, 0) is 12.5 Å². The van der Waals surface area contributed by atoms with Crippen LogP contribution in [-0.2, 0) is 14.8 Å². The molecule has 0 radical (unpaired) electrons. The number of hydrogen-bond donors (Lipinski definition) is 0. The summed E-state index contributed by atoms with van der Waals surface area (Å²) in [4.78, 5) is 11.8. The molecule has 0 saturated carbocycles. The molecule has 118 valence electrons. The summed E-state index contributed by atoms with van der Waals surface area (Å²) in [7, 11) is -2.35. The first kappa shape index (κ1) is 15.1. The Morgan fingerprint density at radius 3 is 3.00 bits per heavy atom. The number of aromatic nitrogens is 3. The summed E-state index contributed by atoms with van der Waals surface area (Å²) in [6.07, 6.45) is 3.97. The normalized spacial score (nSPS) is 19.4. The SMILES string of the molecule is COC(=O)c1cc(S(=O)(=O)N2CCC(n3ccnn3)C2)cs1. The van der Waals surface area contributed by atoms with Crippen LogP contribution in [0.3, 0.4) is 0 Å². The summed E-state index contributed by atoms with van der Waals surface area (Å²) >= 11 is 1.06. The molecular formula is C12H14N4O4S2. The van der Waals surface area contributed by atoms with Crippen LogP contribution in [0.5, 0.6) is 0 Å². The molecule has 10 heteroatoms. The second kappa shape index (κ2) is 5.78. The molecule has 0 N–H and O–H groups in total. The summed E-state index contributed by atoms with van der Waals surface area (Å²) < 4.78 is 32.9. The fraction of sp³-hybridized carbons (Fsp3) is 0.417. The molecule has 1 atom stereocenters. The van der Waals surface area contributed by atoms with Gasteiger partial charge in [0.25, 0.3) is 0 Å². The maximum atomic E-state index is 12.6. The molecular weight excluding hydrogens is 328 g/mol. The smallest absolute Gasteiger partial charge is 0.348 e. The predicted molar refractivity (Wildman–Crippen MR) is 78.1 cm³/mol. The number of esters is 1. The van der Waals surface area contributed by atoms with Crippen molar-refractivity contribution in [1.29, 1.82) is 0 Å². The molecule has 1 saturated heterocycles. The van der Waals surface area contributed by atoms with E-state index >= 15 is 0 Å². The maximum absolute atomic E-state index is 12.6. The third-order valence-electron chi connectivity index (χ3n) is 3.54. The van der Waals surface area contributed by atoms with Crippen molar-refractivity contribution >= 4 is 27.3 Å². The molecule has 1 aliphatic heterocycles. The highest BCUT2D eigenvalue weighted by Gasteiger charge is 2.34. The lowest BCUT2D eigenvalue weighted by molar-refractivity contribution is 0.0606. The van der Waals surface area contributed by atoms with E-state index < -0.39 is 16.0 Å². The van der Waals surface area contributed by atoms with Crippen molar-refractivity contribution in [3.63, 3.8) is 0 Å². The van der Waals surface area contributed by atoms with Crippen LogP contribution in [0.4, 0.5) is 0 Å². The highest BCUT2D eigenvalue weighted by Crippen LogP contribution is 2.29. The standard InChI is InChI=1S/C12H14N4O4S2/c1-20-12(17)11-6-10(8-21-11)22(18,19)15-4-2-9(7-15)16-5-3-13-14-16/h3,5-6,8-9H,2,4,7H2,1H3. The van der Waals surface area contributed by atoms with E-state index in [0.717, 1.165) is 11.3 Å². The molecule has 1 unspecified atom stereocenters. The second-order valence-corrected chi connectivity index (χ2v) is 7.68. The Balaban J connectivity index is 1.79. The lowest BCUT2D eigenvalue weighted by atomic mass is 10.3. The zero-order valence-electron chi connectivity index (χ0n) is 11.7. The van der Waals surface area contributed by atoms with Crippen LogP contribution in [0.2, 0.25) is 0 Å². The largest absolute Gasteiger partial charge is 0.465 e. The summed E-state index contributed by atoms with van der Waals surface area (Å²) in [5, 5.41) is 9.11. The van der Waals surface area contributed by atoms with Crippen LogP contribution in [0.25, 0.3) is 0 Å². The topological polar surface area (TPSA) is 94.4 Å². The molecule has 2 aromatic heterocycles. The number of carbonyl (C=O) groups excluding carboxylic acids is 1. The molecule has 0 amide bonds. The van der Waals surface area contributed by atoms with Gasteiger partial charge in [-0.15, -0.1) is 16.4 Å². The monoisotopic (exact) mass is 342 g/mol. The average molecular weight is 342 g/mol. The quantitative estimate of drug-likeness (QED) is 0.762. The van der Waals surface area contributed by atoms with E-state index in [1.165, 1.54) is 22.9 Å². The molecule has 8 nitrogen and oxygen atoms in total. The van der Waals surface area contributed by atoms with E-state index in [1.54, 1.807) is 17.1 Å². The number of sulfonamides is 1. The predicted octanol–water partition coefficient (Wildman–Crippen LogP) is 0.762. The fourth-order valence-corrected chi connectivity index (χ4v) is 5.04. The first-order valence-electron chi connectivity index (χ1n) is 6.55. The molecule has 0 aromatic carbocycles. The summed E-state index contributed by atoms with van der Waals surface area (Å²) in [6.45, 7) is 0.755. The highest BCUT2D eigenvalue weighted by molar-refractivity contribution is 7.89. The van der Waals surface area contributed by atoms with E-state index in [4.69, 9.17) is 0 Å². The van der Waals surface area contributed by atoms with E-state index in [0.29, 0.717) is 19.5 Å². The van der Waals surface area contributed by atoms with Gasteiger partial charge in [-0.1, -0.05) is 5.21 Å². The molecule has 0 aliphatic carbocycles. The van der Waals surface area contributed by atoms with E-state index in [1.807, 2.05) is 0 Å².